The maximum atomic E-state index is 4.44. The van der Waals surface area contributed by atoms with Crippen LogP contribution in [0.25, 0.3) is 0 Å². The van der Waals surface area contributed by atoms with E-state index in [0.717, 1.165) is 29.8 Å². The van der Waals surface area contributed by atoms with Crippen molar-refractivity contribution in [3.8, 4) is 0 Å². The van der Waals surface area contributed by atoms with E-state index >= 15 is 0 Å². The molecule has 16 heavy (non-hydrogen) atoms. The molecule has 3 rings (SSSR count). The number of rotatable bonds is 1. The monoisotopic (exact) mass is 294 g/mol. The molecule has 82 valence electrons. The number of thiophene rings is 1. The highest BCUT2D eigenvalue weighted by atomic mass is 79.9. The smallest absolute Gasteiger partial charge is 0.143 e. The fraction of sp³-hybridized carbons (Fsp3) is 0.250. The molecule has 0 bridgehead atoms. The number of halogens is 1. The van der Waals surface area contributed by atoms with Gasteiger partial charge >= 0.3 is 0 Å². The molecule has 0 amide bonds. The predicted molar refractivity (Wildman–Crippen MR) is 71.0 cm³/mol. The Hall–Kier alpha value is -0.870. The molecule has 0 fully saturated rings. The highest BCUT2D eigenvalue weighted by Gasteiger charge is 2.19. The van der Waals surface area contributed by atoms with Gasteiger partial charge < -0.3 is 4.90 Å². The van der Waals surface area contributed by atoms with Gasteiger partial charge in [-0.1, -0.05) is 0 Å². The molecule has 2 aromatic heterocycles. The van der Waals surface area contributed by atoms with Crippen molar-refractivity contribution in [3.05, 3.63) is 44.7 Å². The first-order chi connectivity index (χ1) is 7.84. The molecule has 1 aliphatic rings. The Morgan fingerprint density at radius 2 is 2.31 bits per heavy atom. The summed E-state index contributed by atoms with van der Waals surface area (Å²) in [4.78, 5) is 8.31. The van der Waals surface area contributed by atoms with Gasteiger partial charge in [-0.15, -0.1) is 11.3 Å². The summed E-state index contributed by atoms with van der Waals surface area (Å²) in [5, 5.41) is 2.18. The van der Waals surface area contributed by atoms with Crippen LogP contribution in [-0.2, 0) is 13.0 Å². The molecule has 1 aliphatic heterocycles. The summed E-state index contributed by atoms with van der Waals surface area (Å²) in [6.45, 7) is 2.04. The number of hydrogen-bond donors (Lipinski definition) is 0. The zero-order valence-corrected chi connectivity index (χ0v) is 11.1. The van der Waals surface area contributed by atoms with Crippen LogP contribution in [-0.4, -0.2) is 11.5 Å². The van der Waals surface area contributed by atoms with E-state index in [2.05, 4.69) is 37.3 Å². The molecule has 0 N–H and O–H groups in total. The molecule has 0 aromatic carbocycles. The minimum absolute atomic E-state index is 0.981. The van der Waals surface area contributed by atoms with E-state index in [9.17, 15) is 0 Å². The van der Waals surface area contributed by atoms with Gasteiger partial charge in [0.1, 0.15) is 5.82 Å². The second kappa shape index (κ2) is 4.18. The molecule has 0 saturated heterocycles. The predicted octanol–water partition coefficient (Wildman–Crippen LogP) is 3.47. The molecular formula is C12H11BrN2S. The lowest BCUT2D eigenvalue weighted by molar-refractivity contribution is 0.730. The zero-order chi connectivity index (χ0) is 11.0. The number of nitrogens with zero attached hydrogens (tertiary/aromatic N) is 2. The lowest BCUT2D eigenvalue weighted by Gasteiger charge is -2.28. The number of anilines is 1. The minimum atomic E-state index is 0.981. The molecule has 0 aliphatic carbocycles. The number of aromatic nitrogens is 1. The molecule has 4 heteroatoms. The maximum absolute atomic E-state index is 4.44. The summed E-state index contributed by atoms with van der Waals surface area (Å²) in [7, 11) is 0. The second-order valence-electron chi connectivity index (χ2n) is 3.85. The molecule has 2 nitrogen and oxygen atoms in total. The van der Waals surface area contributed by atoms with Crippen molar-refractivity contribution in [1.82, 2.24) is 4.98 Å². The Bertz CT molecular complexity index is 509. The van der Waals surface area contributed by atoms with Gasteiger partial charge in [0.15, 0.2) is 0 Å². The standard InChI is InChI=1S/C12H11BrN2S/c13-10-2-1-5-14-12(10)15-6-3-11-9(8-15)4-7-16-11/h1-2,4-5,7H,3,6,8H2. The number of hydrogen-bond acceptors (Lipinski definition) is 3. The second-order valence-corrected chi connectivity index (χ2v) is 5.70. The van der Waals surface area contributed by atoms with Gasteiger partial charge in [-0.25, -0.2) is 4.98 Å². The third kappa shape index (κ3) is 1.76. The molecule has 0 saturated carbocycles. The van der Waals surface area contributed by atoms with E-state index in [1.165, 1.54) is 10.4 Å². The number of pyridine rings is 1. The van der Waals surface area contributed by atoms with Crippen LogP contribution >= 0.6 is 27.3 Å². The summed E-state index contributed by atoms with van der Waals surface area (Å²) in [6.07, 6.45) is 2.99. The first-order valence-electron chi connectivity index (χ1n) is 5.25. The zero-order valence-electron chi connectivity index (χ0n) is 8.69. The average molecular weight is 295 g/mol. The van der Waals surface area contributed by atoms with Gasteiger partial charge in [-0.3, -0.25) is 0 Å². The van der Waals surface area contributed by atoms with Crippen molar-refractivity contribution < 1.29 is 0 Å². The molecule has 0 spiro atoms. The Labute approximate surface area is 107 Å². The van der Waals surface area contributed by atoms with Crippen LogP contribution in [0.5, 0.6) is 0 Å². The Kier molecular flexibility index (Phi) is 2.69. The largest absolute Gasteiger partial charge is 0.351 e. The van der Waals surface area contributed by atoms with E-state index in [0.29, 0.717) is 0 Å². The SMILES string of the molecule is Brc1cccnc1N1CCc2sccc2C1. The van der Waals surface area contributed by atoms with Crippen molar-refractivity contribution in [2.45, 2.75) is 13.0 Å². The molecular weight excluding hydrogens is 284 g/mol. The fourth-order valence-electron chi connectivity index (χ4n) is 2.04. The summed E-state index contributed by atoms with van der Waals surface area (Å²) >= 11 is 5.43. The van der Waals surface area contributed by atoms with Crippen molar-refractivity contribution in [1.29, 1.82) is 0 Å². The third-order valence-corrected chi connectivity index (χ3v) is 4.49. The van der Waals surface area contributed by atoms with Crippen molar-refractivity contribution in [3.63, 3.8) is 0 Å². The average Bonchev–Trinajstić information content (AvgIpc) is 2.76. The lowest BCUT2D eigenvalue weighted by atomic mass is 10.1. The molecule has 3 heterocycles. The van der Waals surface area contributed by atoms with Gasteiger partial charge in [0.05, 0.1) is 4.47 Å². The van der Waals surface area contributed by atoms with Crippen LogP contribution in [0.3, 0.4) is 0 Å². The maximum Gasteiger partial charge on any atom is 0.143 e. The Morgan fingerprint density at radius 1 is 1.38 bits per heavy atom. The molecule has 0 radical (unpaired) electrons. The molecule has 0 atom stereocenters. The normalized spacial score (nSPS) is 14.9. The first-order valence-corrected chi connectivity index (χ1v) is 6.92. The first kappa shape index (κ1) is 10.3. The van der Waals surface area contributed by atoms with Crippen LogP contribution in [0.1, 0.15) is 10.4 Å². The summed E-state index contributed by atoms with van der Waals surface area (Å²) in [5.41, 5.74) is 1.45. The summed E-state index contributed by atoms with van der Waals surface area (Å²) < 4.78 is 1.08. The summed E-state index contributed by atoms with van der Waals surface area (Å²) in [6, 6.07) is 6.22. The minimum Gasteiger partial charge on any atom is -0.351 e. The van der Waals surface area contributed by atoms with Crippen LogP contribution in [0.2, 0.25) is 0 Å². The quantitative estimate of drug-likeness (QED) is 0.801. The highest BCUT2D eigenvalue weighted by Crippen LogP contribution is 2.30. The topological polar surface area (TPSA) is 16.1 Å². The Balaban J connectivity index is 1.92. The van der Waals surface area contributed by atoms with E-state index in [1.807, 2.05) is 29.7 Å². The van der Waals surface area contributed by atoms with Gasteiger partial charge in [0, 0.05) is 24.2 Å². The van der Waals surface area contributed by atoms with Crippen molar-refractivity contribution >= 4 is 33.1 Å². The fourth-order valence-corrected chi connectivity index (χ4v) is 3.43. The van der Waals surface area contributed by atoms with Gasteiger partial charge in [-0.05, 0) is 51.5 Å². The Morgan fingerprint density at radius 3 is 3.19 bits per heavy atom. The van der Waals surface area contributed by atoms with Gasteiger partial charge in [0.25, 0.3) is 0 Å². The van der Waals surface area contributed by atoms with E-state index < -0.39 is 0 Å². The van der Waals surface area contributed by atoms with Gasteiger partial charge in [0.2, 0.25) is 0 Å². The van der Waals surface area contributed by atoms with Crippen LogP contribution in [0, 0.1) is 0 Å². The van der Waals surface area contributed by atoms with Crippen LogP contribution in [0.4, 0.5) is 5.82 Å². The van der Waals surface area contributed by atoms with E-state index in [1.54, 1.807) is 0 Å². The van der Waals surface area contributed by atoms with E-state index in [4.69, 9.17) is 0 Å². The highest BCUT2D eigenvalue weighted by molar-refractivity contribution is 9.10. The van der Waals surface area contributed by atoms with Crippen LogP contribution < -0.4 is 4.90 Å². The molecule has 0 unspecified atom stereocenters. The van der Waals surface area contributed by atoms with Gasteiger partial charge in [-0.2, -0.15) is 0 Å². The lowest BCUT2D eigenvalue weighted by Crippen LogP contribution is -2.30. The summed E-state index contributed by atoms with van der Waals surface area (Å²) in [5.74, 6) is 1.05. The van der Waals surface area contributed by atoms with Crippen molar-refractivity contribution in [2.24, 2.45) is 0 Å². The molecule has 2 aromatic rings. The third-order valence-electron chi connectivity index (χ3n) is 2.85. The van der Waals surface area contributed by atoms with E-state index in [-0.39, 0.29) is 0 Å². The van der Waals surface area contributed by atoms with Crippen molar-refractivity contribution in [2.75, 3.05) is 11.4 Å². The number of fused-ring (bicyclic) bond motifs is 1. The van der Waals surface area contributed by atoms with Crippen LogP contribution in [0.15, 0.2) is 34.2 Å².